The number of carbonyl (C=O) groups is 1. The van der Waals surface area contributed by atoms with Gasteiger partial charge in [0.05, 0.1) is 6.04 Å². The first kappa shape index (κ1) is 14.5. The minimum Gasteiger partial charge on any atom is -0.341 e. The van der Waals surface area contributed by atoms with E-state index in [4.69, 9.17) is 0 Å². The first-order chi connectivity index (χ1) is 10.1. The summed E-state index contributed by atoms with van der Waals surface area (Å²) in [5, 5.41) is 7.75. The van der Waals surface area contributed by atoms with Crippen LogP contribution in [0.4, 0.5) is 0 Å². The zero-order valence-corrected chi connectivity index (χ0v) is 13.0. The number of hydrogen-bond donors (Lipinski definition) is 1. The summed E-state index contributed by atoms with van der Waals surface area (Å²) in [6.45, 7) is 7.53. The first-order valence-electron chi connectivity index (χ1n) is 8.03. The van der Waals surface area contributed by atoms with Gasteiger partial charge in [-0.05, 0) is 52.0 Å². The van der Waals surface area contributed by atoms with Gasteiger partial charge in [-0.2, -0.15) is 5.10 Å². The van der Waals surface area contributed by atoms with Crippen LogP contribution in [-0.4, -0.2) is 51.2 Å². The van der Waals surface area contributed by atoms with Crippen LogP contribution in [0.2, 0.25) is 0 Å². The molecule has 0 saturated carbocycles. The van der Waals surface area contributed by atoms with Crippen LogP contribution in [0.15, 0.2) is 0 Å². The standard InChI is InChI=1S/C15H25N5O/c1-11-17-12(2)20(18-11)10-13-5-4-8-19(9-13)15(21)14-6-3-7-16-14/h13-14,16H,3-10H2,1-2H3/t13?,14-/m0/s1. The van der Waals surface area contributed by atoms with E-state index in [2.05, 4.69) is 20.3 Å². The Balaban J connectivity index is 1.60. The predicted molar refractivity (Wildman–Crippen MR) is 79.8 cm³/mol. The van der Waals surface area contributed by atoms with E-state index in [-0.39, 0.29) is 6.04 Å². The molecule has 0 bridgehead atoms. The van der Waals surface area contributed by atoms with Crippen molar-refractivity contribution in [2.75, 3.05) is 19.6 Å². The van der Waals surface area contributed by atoms with Crippen molar-refractivity contribution in [1.29, 1.82) is 0 Å². The molecular weight excluding hydrogens is 266 g/mol. The van der Waals surface area contributed by atoms with Gasteiger partial charge in [0.1, 0.15) is 11.6 Å². The zero-order valence-electron chi connectivity index (χ0n) is 13.0. The molecule has 1 N–H and O–H groups in total. The molecule has 2 atom stereocenters. The number of aryl methyl sites for hydroxylation is 2. The number of piperidine rings is 1. The molecule has 3 heterocycles. The highest BCUT2D eigenvalue weighted by Crippen LogP contribution is 2.20. The summed E-state index contributed by atoms with van der Waals surface area (Å²) in [6, 6.07) is 0.0547. The molecule has 2 fully saturated rings. The molecule has 2 saturated heterocycles. The highest BCUT2D eigenvalue weighted by Gasteiger charge is 2.30. The second-order valence-corrected chi connectivity index (χ2v) is 6.33. The zero-order chi connectivity index (χ0) is 14.8. The van der Waals surface area contributed by atoms with Crippen molar-refractivity contribution >= 4 is 5.91 Å². The van der Waals surface area contributed by atoms with E-state index < -0.39 is 0 Å². The van der Waals surface area contributed by atoms with Gasteiger partial charge < -0.3 is 10.2 Å². The second kappa shape index (κ2) is 6.13. The minimum absolute atomic E-state index is 0.0547. The summed E-state index contributed by atoms with van der Waals surface area (Å²) in [5.41, 5.74) is 0. The lowest BCUT2D eigenvalue weighted by Gasteiger charge is -2.34. The molecule has 1 aromatic rings. The Morgan fingerprint density at radius 2 is 2.19 bits per heavy atom. The highest BCUT2D eigenvalue weighted by molar-refractivity contribution is 5.82. The number of rotatable bonds is 3. The van der Waals surface area contributed by atoms with Crippen LogP contribution in [0.25, 0.3) is 0 Å². The Kier molecular flexibility index (Phi) is 4.24. The summed E-state index contributed by atoms with van der Waals surface area (Å²) < 4.78 is 1.99. The molecule has 0 aliphatic carbocycles. The van der Waals surface area contributed by atoms with E-state index >= 15 is 0 Å². The van der Waals surface area contributed by atoms with Gasteiger partial charge in [-0.15, -0.1) is 0 Å². The van der Waals surface area contributed by atoms with E-state index in [0.717, 1.165) is 57.1 Å². The summed E-state index contributed by atoms with van der Waals surface area (Å²) >= 11 is 0. The van der Waals surface area contributed by atoms with Crippen molar-refractivity contribution in [3.05, 3.63) is 11.6 Å². The third-order valence-corrected chi connectivity index (χ3v) is 4.58. The molecule has 2 aliphatic heterocycles. The van der Waals surface area contributed by atoms with Gasteiger partial charge in [-0.25, -0.2) is 9.67 Å². The fourth-order valence-corrected chi connectivity index (χ4v) is 3.51. The number of nitrogens with one attached hydrogen (secondary N) is 1. The van der Waals surface area contributed by atoms with Gasteiger partial charge in [0, 0.05) is 19.6 Å². The molecule has 0 spiro atoms. The average Bonchev–Trinajstić information content (AvgIpc) is 3.09. The molecule has 1 unspecified atom stereocenters. The summed E-state index contributed by atoms with van der Waals surface area (Å²) in [6.07, 6.45) is 4.36. The monoisotopic (exact) mass is 291 g/mol. The summed E-state index contributed by atoms with van der Waals surface area (Å²) in [4.78, 5) is 18.9. The fourth-order valence-electron chi connectivity index (χ4n) is 3.51. The van der Waals surface area contributed by atoms with Gasteiger partial charge in [-0.1, -0.05) is 0 Å². The van der Waals surface area contributed by atoms with Crippen molar-refractivity contribution < 1.29 is 4.79 Å². The molecule has 3 rings (SSSR count). The van der Waals surface area contributed by atoms with Gasteiger partial charge in [0.25, 0.3) is 0 Å². The fraction of sp³-hybridized carbons (Fsp3) is 0.800. The van der Waals surface area contributed by atoms with Crippen LogP contribution in [-0.2, 0) is 11.3 Å². The molecule has 0 aromatic carbocycles. The lowest BCUT2D eigenvalue weighted by molar-refractivity contribution is -0.135. The third-order valence-electron chi connectivity index (χ3n) is 4.58. The maximum atomic E-state index is 12.5. The van der Waals surface area contributed by atoms with Crippen molar-refractivity contribution in [2.45, 2.75) is 52.1 Å². The maximum absolute atomic E-state index is 12.5. The van der Waals surface area contributed by atoms with Gasteiger partial charge in [-0.3, -0.25) is 4.79 Å². The Labute approximate surface area is 125 Å². The van der Waals surface area contributed by atoms with E-state index in [1.54, 1.807) is 0 Å². The van der Waals surface area contributed by atoms with Crippen molar-refractivity contribution in [1.82, 2.24) is 25.0 Å². The number of aromatic nitrogens is 3. The van der Waals surface area contributed by atoms with Gasteiger partial charge in [0.2, 0.25) is 5.91 Å². The van der Waals surface area contributed by atoms with Crippen LogP contribution in [0.5, 0.6) is 0 Å². The van der Waals surface area contributed by atoms with E-state index in [1.165, 1.54) is 6.42 Å². The lowest BCUT2D eigenvalue weighted by atomic mass is 9.97. The van der Waals surface area contributed by atoms with Crippen LogP contribution < -0.4 is 5.32 Å². The van der Waals surface area contributed by atoms with E-state index in [9.17, 15) is 4.79 Å². The van der Waals surface area contributed by atoms with Crippen LogP contribution in [0.1, 0.15) is 37.3 Å². The Hall–Kier alpha value is -1.43. The third kappa shape index (κ3) is 3.26. The van der Waals surface area contributed by atoms with Crippen molar-refractivity contribution in [3.8, 4) is 0 Å². The normalized spacial score (nSPS) is 26.3. The minimum atomic E-state index is 0.0547. The van der Waals surface area contributed by atoms with E-state index in [1.807, 2.05) is 18.5 Å². The van der Waals surface area contributed by atoms with Crippen LogP contribution >= 0.6 is 0 Å². The summed E-state index contributed by atoms with van der Waals surface area (Å²) in [7, 11) is 0. The number of nitrogens with zero attached hydrogens (tertiary/aromatic N) is 4. The van der Waals surface area contributed by atoms with Crippen LogP contribution in [0, 0.1) is 19.8 Å². The molecule has 6 heteroatoms. The highest BCUT2D eigenvalue weighted by atomic mass is 16.2. The van der Waals surface area contributed by atoms with Crippen LogP contribution in [0.3, 0.4) is 0 Å². The molecule has 21 heavy (non-hydrogen) atoms. The Morgan fingerprint density at radius 1 is 1.33 bits per heavy atom. The predicted octanol–water partition coefficient (Wildman–Crippen LogP) is 0.886. The van der Waals surface area contributed by atoms with Gasteiger partial charge >= 0.3 is 0 Å². The number of carbonyl (C=O) groups excluding carboxylic acids is 1. The average molecular weight is 291 g/mol. The molecule has 0 radical (unpaired) electrons. The second-order valence-electron chi connectivity index (χ2n) is 6.33. The summed E-state index contributed by atoms with van der Waals surface area (Å²) in [5.74, 6) is 2.58. The smallest absolute Gasteiger partial charge is 0.239 e. The largest absolute Gasteiger partial charge is 0.341 e. The molecule has 1 aromatic heterocycles. The SMILES string of the molecule is Cc1nc(C)n(CC2CCCN(C(=O)[C@@H]3CCCN3)C2)n1. The van der Waals surface area contributed by atoms with E-state index in [0.29, 0.717) is 11.8 Å². The number of hydrogen-bond acceptors (Lipinski definition) is 4. The van der Waals surface area contributed by atoms with Crippen molar-refractivity contribution in [3.63, 3.8) is 0 Å². The molecular formula is C15H25N5O. The quantitative estimate of drug-likeness (QED) is 0.898. The topological polar surface area (TPSA) is 63.1 Å². The lowest BCUT2D eigenvalue weighted by Crippen LogP contribution is -2.48. The maximum Gasteiger partial charge on any atom is 0.239 e. The van der Waals surface area contributed by atoms with Crippen molar-refractivity contribution in [2.24, 2.45) is 5.92 Å². The molecule has 116 valence electrons. The number of amides is 1. The Bertz CT molecular complexity index is 506. The molecule has 1 amide bonds. The molecule has 6 nitrogen and oxygen atoms in total. The first-order valence-corrected chi connectivity index (χ1v) is 8.03. The van der Waals surface area contributed by atoms with Gasteiger partial charge in [0.15, 0.2) is 0 Å². The Morgan fingerprint density at radius 3 is 2.86 bits per heavy atom. The number of likely N-dealkylation sites (tertiary alicyclic amines) is 1. The molecule has 2 aliphatic rings.